The maximum Gasteiger partial charge on any atom is 0.256 e. The summed E-state index contributed by atoms with van der Waals surface area (Å²) in [5, 5.41) is 0.909. The van der Waals surface area contributed by atoms with Gasteiger partial charge in [-0.15, -0.1) is 0 Å². The van der Waals surface area contributed by atoms with Crippen molar-refractivity contribution < 1.29 is 13.2 Å². The van der Waals surface area contributed by atoms with E-state index in [-0.39, 0.29) is 23.5 Å². The zero-order chi connectivity index (χ0) is 16.8. The highest BCUT2D eigenvalue weighted by Gasteiger charge is 2.35. The van der Waals surface area contributed by atoms with E-state index < -0.39 is 9.84 Å². The van der Waals surface area contributed by atoms with Crippen molar-refractivity contribution in [2.45, 2.75) is 33.2 Å². The van der Waals surface area contributed by atoms with Crippen LogP contribution in [0.2, 0.25) is 0 Å². The maximum absolute atomic E-state index is 13.1. The van der Waals surface area contributed by atoms with E-state index in [9.17, 15) is 13.2 Å². The van der Waals surface area contributed by atoms with E-state index in [4.69, 9.17) is 0 Å². The van der Waals surface area contributed by atoms with Crippen LogP contribution in [-0.4, -0.2) is 48.3 Å². The average molecular weight is 334 g/mol. The lowest BCUT2D eigenvalue weighted by molar-refractivity contribution is 0.0709. The first-order valence-corrected chi connectivity index (χ1v) is 9.75. The number of aromatic amines is 1. The van der Waals surface area contributed by atoms with Gasteiger partial charge in [0.1, 0.15) is 0 Å². The van der Waals surface area contributed by atoms with E-state index in [1.165, 1.54) is 0 Å². The lowest BCUT2D eigenvalue weighted by atomic mass is 10.1. The summed E-state index contributed by atoms with van der Waals surface area (Å²) in [4.78, 5) is 18.1. The van der Waals surface area contributed by atoms with Crippen LogP contribution in [-0.2, 0) is 9.84 Å². The van der Waals surface area contributed by atoms with Crippen LogP contribution in [0.3, 0.4) is 0 Å². The number of nitrogens with one attached hydrogen (secondary N) is 1. The normalized spacial score (nSPS) is 20.0. The van der Waals surface area contributed by atoms with Gasteiger partial charge in [-0.3, -0.25) is 4.79 Å². The van der Waals surface area contributed by atoms with E-state index in [1.807, 2.05) is 39.0 Å². The molecule has 6 heteroatoms. The third-order valence-corrected chi connectivity index (χ3v) is 6.44. The monoisotopic (exact) mass is 334 g/mol. The minimum Gasteiger partial charge on any atom is -0.358 e. The number of aromatic nitrogens is 1. The highest BCUT2D eigenvalue weighted by molar-refractivity contribution is 7.91. The van der Waals surface area contributed by atoms with E-state index in [2.05, 4.69) is 4.98 Å². The second-order valence-electron chi connectivity index (χ2n) is 6.27. The fourth-order valence-electron chi connectivity index (χ4n) is 3.50. The molecule has 1 amide bonds. The number of carbonyl (C=O) groups is 1. The summed E-state index contributed by atoms with van der Waals surface area (Å²) < 4.78 is 23.5. The topological polar surface area (TPSA) is 70.2 Å². The average Bonchev–Trinajstić information content (AvgIpc) is 3.00. The van der Waals surface area contributed by atoms with E-state index in [0.717, 1.165) is 22.2 Å². The molecule has 0 aliphatic carbocycles. The molecule has 124 valence electrons. The third-order valence-electron chi connectivity index (χ3n) is 4.69. The van der Waals surface area contributed by atoms with Crippen LogP contribution in [0.1, 0.15) is 35.0 Å². The van der Waals surface area contributed by atoms with Gasteiger partial charge in [-0.05, 0) is 32.8 Å². The number of nitrogens with zero attached hydrogens (tertiary/aromatic N) is 1. The number of aryl methyl sites for hydroxylation is 2. The summed E-state index contributed by atoms with van der Waals surface area (Å²) in [5.41, 5.74) is 3.56. The first-order valence-electron chi connectivity index (χ1n) is 7.93. The Balaban J connectivity index is 2.02. The van der Waals surface area contributed by atoms with Crippen LogP contribution in [0.5, 0.6) is 0 Å². The molecule has 1 saturated heterocycles. The molecule has 1 aromatic carbocycles. The number of fused-ring (bicyclic) bond motifs is 1. The van der Waals surface area contributed by atoms with Gasteiger partial charge in [0.25, 0.3) is 5.91 Å². The summed E-state index contributed by atoms with van der Waals surface area (Å²) in [6.07, 6.45) is 0.530. The molecule has 0 bridgehead atoms. The molecule has 0 saturated carbocycles. The predicted molar refractivity (Wildman–Crippen MR) is 91.5 cm³/mol. The zero-order valence-electron chi connectivity index (χ0n) is 13.7. The smallest absolute Gasteiger partial charge is 0.256 e. The Labute approximate surface area is 136 Å². The molecular formula is C17H22N2O3S. The second kappa shape index (κ2) is 5.67. The largest absolute Gasteiger partial charge is 0.358 e. The van der Waals surface area contributed by atoms with Gasteiger partial charge >= 0.3 is 0 Å². The fourth-order valence-corrected chi connectivity index (χ4v) is 5.23. The van der Waals surface area contributed by atoms with E-state index in [0.29, 0.717) is 18.5 Å². The minimum atomic E-state index is -3.01. The molecule has 0 radical (unpaired) electrons. The number of hydrogen-bond acceptors (Lipinski definition) is 3. The van der Waals surface area contributed by atoms with Crippen molar-refractivity contribution in [3.8, 4) is 0 Å². The number of H-pyrrole nitrogens is 1. The molecule has 0 spiro atoms. The highest BCUT2D eigenvalue weighted by atomic mass is 32.2. The van der Waals surface area contributed by atoms with Crippen LogP contribution in [0.15, 0.2) is 18.2 Å². The van der Waals surface area contributed by atoms with Crippen molar-refractivity contribution in [3.05, 3.63) is 35.0 Å². The van der Waals surface area contributed by atoms with Gasteiger partial charge in [-0.1, -0.05) is 18.2 Å². The molecule has 1 aliphatic heterocycles. The molecule has 1 N–H and O–H groups in total. The van der Waals surface area contributed by atoms with Gasteiger partial charge < -0.3 is 9.88 Å². The Bertz CT molecular complexity index is 867. The Hall–Kier alpha value is -1.82. The van der Waals surface area contributed by atoms with Crippen LogP contribution in [0.25, 0.3) is 10.9 Å². The van der Waals surface area contributed by atoms with Crippen LogP contribution < -0.4 is 0 Å². The molecule has 1 aliphatic rings. The highest BCUT2D eigenvalue weighted by Crippen LogP contribution is 2.28. The number of hydrogen-bond donors (Lipinski definition) is 1. The molecule has 5 nitrogen and oxygen atoms in total. The van der Waals surface area contributed by atoms with Crippen LogP contribution in [0, 0.1) is 13.8 Å². The molecule has 3 rings (SSSR count). The van der Waals surface area contributed by atoms with Gasteiger partial charge in [0.15, 0.2) is 9.84 Å². The van der Waals surface area contributed by atoms with Crippen molar-refractivity contribution in [3.63, 3.8) is 0 Å². The minimum absolute atomic E-state index is 0.0764. The number of sulfone groups is 1. The van der Waals surface area contributed by atoms with Crippen molar-refractivity contribution in [1.82, 2.24) is 9.88 Å². The molecule has 2 aromatic rings. The van der Waals surface area contributed by atoms with Gasteiger partial charge in [0.05, 0.1) is 17.1 Å². The first-order chi connectivity index (χ1) is 10.8. The second-order valence-corrected chi connectivity index (χ2v) is 8.50. The lowest BCUT2D eigenvalue weighted by Crippen LogP contribution is -2.41. The predicted octanol–water partition coefficient (Wildman–Crippen LogP) is 2.43. The standard InChI is InChI=1S/C17H22N2O3S/c1-4-19(13-8-9-23(21,22)10-13)17(20)15-12(3)18-16-11(2)6-5-7-14(15)16/h5-7,13,18H,4,8-10H2,1-3H3. The van der Waals surface area contributed by atoms with Crippen LogP contribution >= 0.6 is 0 Å². The van der Waals surface area contributed by atoms with Crippen molar-refractivity contribution in [2.24, 2.45) is 0 Å². The molecule has 1 atom stereocenters. The molecule has 23 heavy (non-hydrogen) atoms. The van der Waals surface area contributed by atoms with Gasteiger partial charge in [-0.25, -0.2) is 8.42 Å². The number of rotatable bonds is 3. The van der Waals surface area contributed by atoms with E-state index in [1.54, 1.807) is 4.90 Å². The zero-order valence-corrected chi connectivity index (χ0v) is 14.5. The Morgan fingerprint density at radius 2 is 2.09 bits per heavy atom. The Morgan fingerprint density at radius 3 is 2.70 bits per heavy atom. The van der Waals surface area contributed by atoms with Gasteiger partial charge in [0.2, 0.25) is 0 Å². The molecule has 1 unspecified atom stereocenters. The van der Waals surface area contributed by atoms with Crippen molar-refractivity contribution in [1.29, 1.82) is 0 Å². The Morgan fingerprint density at radius 1 is 1.35 bits per heavy atom. The summed E-state index contributed by atoms with van der Waals surface area (Å²) >= 11 is 0. The lowest BCUT2D eigenvalue weighted by Gasteiger charge is -2.27. The van der Waals surface area contributed by atoms with Crippen molar-refractivity contribution in [2.75, 3.05) is 18.1 Å². The summed E-state index contributed by atoms with van der Waals surface area (Å²) in [7, 11) is -3.01. The SMILES string of the molecule is CCN(C(=O)c1c(C)[nH]c2c(C)cccc12)C1CCS(=O)(=O)C1. The fraction of sp³-hybridized carbons (Fsp3) is 0.471. The van der Waals surface area contributed by atoms with Crippen LogP contribution in [0.4, 0.5) is 0 Å². The molecule has 2 heterocycles. The summed E-state index contributed by atoms with van der Waals surface area (Å²) in [6, 6.07) is 5.68. The number of carbonyl (C=O) groups excluding carboxylic acids is 1. The summed E-state index contributed by atoms with van der Waals surface area (Å²) in [5.74, 6) is 0.171. The number of amides is 1. The van der Waals surface area contributed by atoms with Gasteiger partial charge in [-0.2, -0.15) is 0 Å². The molecule has 1 fully saturated rings. The quantitative estimate of drug-likeness (QED) is 0.937. The number of benzene rings is 1. The first kappa shape index (κ1) is 16.1. The maximum atomic E-state index is 13.1. The number of para-hydroxylation sites is 1. The van der Waals surface area contributed by atoms with Crippen molar-refractivity contribution >= 4 is 26.6 Å². The molecule has 1 aromatic heterocycles. The third kappa shape index (κ3) is 2.76. The van der Waals surface area contributed by atoms with E-state index >= 15 is 0 Å². The van der Waals surface area contributed by atoms with Gasteiger partial charge in [0, 0.05) is 29.2 Å². The Kier molecular flexibility index (Phi) is 3.96. The summed E-state index contributed by atoms with van der Waals surface area (Å²) in [6.45, 7) is 6.31. The molecular weight excluding hydrogens is 312 g/mol.